The highest BCUT2D eigenvalue weighted by atomic mass is 32.1. The first-order valence-corrected chi connectivity index (χ1v) is 7.01. The Morgan fingerprint density at radius 2 is 2.42 bits per heavy atom. The Labute approximate surface area is 114 Å². The van der Waals surface area contributed by atoms with Gasteiger partial charge in [0.1, 0.15) is 0 Å². The van der Waals surface area contributed by atoms with Crippen LogP contribution in [0.1, 0.15) is 5.69 Å². The molecular weight excluding hydrogens is 264 g/mol. The van der Waals surface area contributed by atoms with E-state index in [-0.39, 0.29) is 18.4 Å². The molecule has 1 aliphatic rings. The lowest BCUT2D eigenvalue weighted by molar-refractivity contribution is -0.137. The number of furan rings is 1. The summed E-state index contributed by atoms with van der Waals surface area (Å²) in [6, 6.07) is 3.67. The van der Waals surface area contributed by atoms with Crippen molar-refractivity contribution in [1.29, 1.82) is 0 Å². The van der Waals surface area contributed by atoms with Crippen LogP contribution >= 0.6 is 11.3 Å². The lowest BCUT2D eigenvalue weighted by Crippen LogP contribution is -2.51. The van der Waals surface area contributed by atoms with Gasteiger partial charge in [0, 0.05) is 31.0 Å². The smallest absolute Gasteiger partial charge is 0.228 e. The fourth-order valence-corrected chi connectivity index (χ4v) is 2.84. The molecule has 0 spiro atoms. The van der Waals surface area contributed by atoms with Gasteiger partial charge in [0.2, 0.25) is 5.91 Å². The molecule has 1 amide bonds. The molecule has 6 heteroatoms. The van der Waals surface area contributed by atoms with Crippen molar-refractivity contribution in [2.45, 2.75) is 6.42 Å². The number of hydrogen-bond donors (Lipinski definition) is 1. The largest absolute Gasteiger partial charge is 0.462 e. The topological polar surface area (TPSA) is 66.6 Å². The van der Waals surface area contributed by atoms with Gasteiger partial charge in [0.05, 0.1) is 18.4 Å². The molecule has 5 nitrogen and oxygen atoms in total. The molecule has 100 valence electrons. The van der Waals surface area contributed by atoms with E-state index in [9.17, 15) is 4.79 Å². The second kappa shape index (κ2) is 5.14. The first kappa shape index (κ1) is 12.4. The quantitative estimate of drug-likeness (QED) is 0.918. The van der Waals surface area contributed by atoms with Crippen molar-refractivity contribution in [1.82, 2.24) is 9.88 Å². The Balaban J connectivity index is 1.60. The second-order valence-electron chi connectivity index (χ2n) is 4.65. The van der Waals surface area contributed by atoms with Gasteiger partial charge in [-0.1, -0.05) is 0 Å². The first-order chi connectivity index (χ1) is 9.26. The van der Waals surface area contributed by atoms with Crippen LogP contribution in [0.3, 0.4) is 0 Å². The molecule has 0 aliphatic carbocycles. The zero-order valence-electron chi connectivity index (χ0n) is 10.3. The average molecular weight is 278 g/mol. The van der Waals surface area contributed by atoms with Gasteiger partial charge in [-0.2, -0.15) is 0 Å². The van der Waals surface area contributed by atoms with Crippen molar-refractivity contribution in [3.63, 3.8) is 0 Å². The van der Waals surface area contributed by atoms with Gasteiger partial charge in [-0.05, 0) is 12.1 Å². The number of aliphatic hydroxyl groups excluding tert-OH is 1. The van der Waals surface area contributed by atoms with Crippen LogP contribution < -0.4 is 0 Å². The molecule has 0 saturated carbocycles. The van der Waals surface area contributed by atoms with Crippen molar-refractivity contribution < 1.29 is 14.3 Å². The van der Waals surface area contributed by atoms with E-state index in [1.165, 1.54) is 11.3 Å². The minimum Gasteiger partial charge on any atom is -0.462 e. The summed E-state index contributed by atoms with van der Waals surface area (Å²) in [6.07, 6.45) is 1.92. The monoisotopic (exact) mass is 278 g/mol. The highest BCUT2D eigenvalue weighted by Gasteiger charge is 2.30. The number of aromatic nitrogens is 1. The lowest BCUT2D eigenvalue weighted by atomic mass is 10.0. The highest BCUT2D eigenvalue weighted by molar-refractivity contribution is 7.13. The van der Waals surface area contributed by atoms with E-state index in [1.807, 2.05) is 17.5 Å². The normalized spacial score (nSPS) is 15.5. The maximum Gasteiger partial charge on any atom is 0.228 e. The zero-order valence-corrected chi connectivity index (χ0v) is 11.1. The van der Waals surface area contributed by atoms with E-state index < -0.39 is 0 Å². The van der Waals surface area contributed by atoms with E-state index in [4.69, 9.17) is 9.52 Å². The van der Waals surface area contributed by atoms with Crippen molar-refractivity contribution in [3.8, 4) is 10.8 Å². The van der Waals surface area contributed by atoms with Crippen LogP contribution in [0, 0.1) is 5.92 Å². The molecule has 0 bridgehead atoms. The van der Waals surface area contributed by atoms with Crippen LogP contribution in [-0.4, -0.2) is 40.6 Å². The third-order valence-electron chi connectivity index (χ3n) is 3.18. The number of aliphatic hydroxyl groups is 1. The Bertz CT molecular complexity index is 558. The van der Waals surface area contributed by atoms with Gasteiger partial charge < -0.3 is 14.4 Å². The van der Waals surface area contributed by atoms with Gasteiger partial charge >= 0.3 is 0 Å². The summed E-state index contributed by atoms with van der Waals surface area (Å²) in [7, 11) is 0. The van der Waals surface area contributed by atoms with Gasteiger partial charge in [-0.25, -0.2) is 4.98 Å². The summed E-state index contributed by atoms with van der Waals surface area (Å²) in [5.74, 6) is 1.05. The molecule has 1 fully saturated rings. The fourth-order valence-electron chi connectivity index (χ4n) is 2.06. The maximum absolute atomic E-state index is 11.9. The summed E-state index contributed by atoms with van der Waals surface area (Å²) in [6.45, 7) is 1.47. The van der Waals surface area contributed by atoms with Crippen molar-refractivity contribution in [2.75, 3.05) is 19.7 Å². The molecule has 2 aromatic heterocycles. The SMILES string of the molecule is O=C(Cc1csc(-c2ccco2)n1)N1CC(CO)C1. The molecule has 0 radical (unpaired) electrons. The predicted octanol–water partition coefficient (Wildman–Crippen LogP) is 1.40. The molecule has 0 aromatic carbocycles. The van der Waals surface area contributed by atoms with Crippen molar-refractivity contribution >= 4 is 17.2 Å². The van der Waals surface area contributed by atoms with E-state index >= 15 is 0 Å². The van der Waals surface area contributed by atoms with Gasteiger partial charge in [-0.15, -0.1) is 11.3 Å². The molecule has 1 aliphatic heterocycles. The number of carbonyl (C=O) groups excluding carboxylic acids is 1. The summed E-state index contributed by atoms with van der Waals surface area (Å²) in [4.78, 5) is 18.1. The number of amides is 1. The number of carbonyl (C=O) groups is 1. The van der Waals surface area contributed by atoms with E-state index in [1.54, 1.807) is 11.2 Å². The van der Waals surface area contributed by atoms with Gasteiger partial charge in [-0.3, -0.25) is 4.79 Å². The van der Waals surface area contributed by atoms with Crippen LogP contribution in [-0.2, 0) is 11.2 Å². The van der Waals surface area contributed by atoms with Gasteiger partial charge in [0.25, 0.3) is 0 Å². The standard InChI is InChI=1S/C13H14N2O3S/c16-7-9-5-15(6-9)12(17)4-10-8-19-13(14-10)11-2-1-3-18-11/h1-3,8-9,16H,4-7H2. The number of likely N-dealkylation sites (tertiary alicyclic amines) is 1. The molecule has 0 atom stereocenters. The van der Waals surface area contributed by atoms with E-state index in [0.29, 0.717) is 19.5 Å². The molecule has 0 unspecified atom stereocenters. The van der Waals surface area contributed by atoms with Crippen LogP contribution in [0.4, 0.5) is 0 Å². The molecule has 2 aromatic rings. The minimum atomic E-state index is 0.0704. The zero-order chi connectivity index (χ0) is 13.2. The number of nitrogens with zero attached hydrogens (tertiary/aromatic N) is 2. The molecule has 3 heterocycles. The van der Waals surface area contributed by atoms with Crippen LogP contribution in [0.5, 0.6) is 0 Å². The van der Waals surface area contributed by atoms with Crippen LogP contribution in [0.15, 0.2) is 28.2 Å². The van der Waals surface area contributed by atoms with Crippen molar-refractivity contribution in [2.24, 2.45) is 5.92 Å². The fraction of sp³-hybridized carbons (Fsp3) is 0.385. The molecular formula is C13H14N2O3S. The molecule has 1 saturated heterocycles. The van der Waals surface area contributed by atoms with E-state index in [0.717, 1.165) is 16.5 Å². The van der Waals surface area contributed by atoms with Crippen molar-refractivity contribution in [3.05, 3.63) is 29.5 Å². The lowest BCUT2D eigenvalue weighted by Gasteiger charge is -2.38. The second-order valence-corrected chi connectivity index (χ2v) is 5.50. The van der Waals surface area contributed by atoms with Crippen LogP contribution in [0.2, 0.25) is 0 Å². The third-order valence-corrected chi connectivity index (χ3v) is 4.09. The molecule has 19 heavy (non-hydrogen) atoms. The van der Waals surface area contributed by atoms with Crippen LogP contribution in [0.25, 0.3) is 10.8 Å². The summed E-state index contributed by atoms with van der Waals surface area (Å²) in [5, 5.41) is 11.6. The summed E-state index contributed by atoms with van der Waals surface area (Å²) >= 11 is 1.48. The van der Waals surface area contributed by atoms with Gasteiger partial charge in [0.15, 0.2) is 10.8 Å². The molecule has 3 rings (SSSR count). The Hall–Kier alpha value is -1.66. The number of rotatable bonds is 4. The Morgan fingerprint density at radius 3 is 3.11 bits per heavy atom. The number of hydrogen-bond acceptors (Lipinski definition) is 5. The average Bonchev–Trinajstić information content (AvgIpc) is 2.96. The third kappa shape index (κ3) is 2.54. The molecule has 1 N–H and O–H groups in total. The first-order valence-electron chi connectivity index (χ1n) is 6.13. The number of thiazole rings is 1. The minimum absolute atomic E-state index is 0.0704. The highest BCUT2D eigenvalue weighted by Crippen LogP contribution is 2.24. The predicted molar refractivity (Wildman–Crippen MR) is 70.7 cm³/mol. The Kier molecular flexibility index (Phi) is 3.35. The summed E-state index contributed by atoms with van der Waals surface area (Å²) in [5.41, 5.74) is 0.772. The summed E-state index contributed by atoms with van der Waals surface area (Å²) < 4.78 is 5.27. The van der Waals surface area contributed by atoms with E-state index in [2.05, 4.69) is 4.98 Å². The maximum atomic E-state index is 11.9. The Morgan fingerprint density at radius 1 is 1.58 bits per heavy atom.